The van der Waals surface area contributed by atoms with E-state index in [2.05, 4.69) is 15.0 Å². The molecule has 5 heteroatoms. The fourth-order valence-electron chi connectivity index (χ4n) is 2.44. The summed E-state index contributed by atoms with van der Waals surface area (Å²) in [6.45, 7) is 2.11. The van der Waals surface area contributed by atoms with Gasteiger partial charge in [0.25, 0.3) is 0 Å². The van der Waals surface area contributed by atoms with Gasteiger partial charge in [-0.25, -0.2) is 4.98 Å². The molecule has 3 heterocycles. The van der Waals surface area contributed by atoms with Crippen molar-refractivity contribution in [3.63, 3.8) is 0 Å². The minimum absolute atomic E-state index is 0.757. The van der Waals surface area contributed by atoms with E-state index in [0.29, 0.717) is 0 Å². The van der Waals surface area contributed by atoms with Crippen LogP contribution in [0.15, 0.2) is 12.3 Å². The highest BCUT2D eigenvalue weighted by molar-refractivity contribution is 5.83. The van der Waals surface area contributed by atoms with Crippen molar-refractivity contribution in [2.45, 2.75) is 19.3 Å². The van der Waals surface area contributed by atoms with Gasteiger partial charge >= 0.3 is 0 Å². The lowest BCUT2D eigenvalue weighted by molar-refractivity contribution is 0.574. The lowest BCUT2D eigenvalue weighted by Crippen LogP contribution is -2.30. The van der Waals surface area contributed by atoms with Gasteiger partial charge in [-0.2, -0.15) is 5.10 Å². The van der Waals surface area contributed by atoms with Crippen molar-refractivity contribution in [3.8, 4) is 0 Å². The van der Waals surface area contributed by atoms with E-state index in [0.717, 1.165) is 35.6 Å². The molecule has 1 saturated heterocycles. The Morgan fingerprint density at radius 1 is 1.24 bits per heavy atom. The molecule has 3 rings (SSSR count). The first kappa shape index (κ1) is 10.4. The second-order valence-corrected chi connectivity index (χ2v) is 4.63. The lowest BCUT2D eigenvalue weighted by atomic mass is 10.1. The smallest absolute Gasteiger partial charge is 0.160 e. The first-order valence-corrected chi connectivity index (χ1v) is 6.09. The fourth-order valence-corrected chi connectivity index (χ4v) is 2.44. The molecule has 0 radical (unpaired) electrons. The number of nitrogen functional groups attached to an aromatic ring is 1. The Labute approximate surface area is 100 Å². The summed E-state index contributed by atoms with van der Waals surface area (Å²) >= 11 is 0. The zero-order valence-electron chi connectivity index (χ0n) is 10.1. The average Bonchev–Trinajstić information content (AvgIpc) is 2.70. The van der Waals surface area contributed by atoms with Crippen LogP contribution in [0.3, 0.4) is 0 Å². The number of pyridine rings is 1. The number of aromatic nitrogens is 3. The maximum Gasteiger partial charge on any atom is 0.160 e. The topological polar surface area (TPSA) is 60.0 Å². The summed E-state index contributed by atoms with van der Waals surface area (Å²) in [6, 6.07) is 1.97. The number of fused-ring (bicyclic) bond motifs is 1. The van der Waals surface area contributed by atoms with Gasteiger partial charge < -0.3 is 10.6 Å². The average molecular weight is 231 g/mol. The van der Waals surface area contributed by atoms with Gasteiger partial charge in [0.2, 0.25) is 0 Å². The van der Waals surface area contributed by atoms with Crippen LogP contribution in [0, 0.1) is 0 Å². The summed E-state index contributed by atoms with van der Waals surface area (Å²) in [5.41, 5.74) is 7.74. The molecule has 2 N–H and O–H groups in total. The van der Waals surface area contributed by atoms with Crippen LogP contribution in [0.1, 0.15) is 19.3 Å². The molecule has 0 amide bonds. The van der Waals surface area contributed by atoms with E-state index < -0.39 is 0 Å². The summed E-state index contributed by atoms with van der Waals surface area (Å²) in [5.74, 6) is 0.917. The summed E-state index contributed by atoms with van der Waals surface area (Å²) in [7, 11) is 1.91. The highest BCUT2D eigenvalue weighted by Gasteiger charge is 2.16. The Bertz CT molecular complexity index is 539. The molecule has 1 aliphatic rings. The molecule has 2 aromatic rings. The minimum atomic E-state index is 0.757. The van der Waals surface area contributed by atoms with Crippen LogP contribution in [0.5, 0.6) is 0 Å². The molecule has 0 saturated carbocycles. The third-order valence-corrected chi connectivity index (χ3v) is 3.37. The first-order chi connectivity index (χ1) is 8.25. The highest BCUT2D eigenvalue weighted by Crippen LogP contribution is 2.27. The van der Waals surface area contributed by atoms with Crippen LogP contribution in [0.4, 0.5) is 11.5 Å². The number of nitrogens with zero attached hydrogens (tertiary/aromatic N) is 4. The predicted octanol–water partition coefficient (Wildman–Crippen LogP) is 1.54. The van der Waals surface area contributed by atoms with E-state index in [1.807, 2.05) is 13.1 Å². The fraction of sp³-hybridized carbons (Fsp3) is 0.500. The van der Waals surface area contributed by atoms with Gasteiger partial charge in [-0.3, -0.25) is 4.68 Å². The van der Waals surface area contributed by atoms with Crippen LogP contribution in [-0.4, -0.2) is 27.9 Å². The standard InChI is InChI=1S/C12H17N5/c1-16-11-9(8-14-16)7-10(13)12(15-11)17-5-3-2-4-6-17/h7-8H,2-6,13H2,1H3. The summed E-state index contributed by atoms with van der Waals surface area (Å²) in [5, 5.41) is 5.21. The van der Waals surface area contributed by atoms with Gasteiger partial charge in [-0.15, -0.1) is 0 Å². The predicted molar refractivity (Wildman–Crippen MR) is 69.0 cm³/mol. The Morgan fingerprint density at radius 2 is 2.00 bits per heavy atom. The second-order valence-electron chi connectivity index (χ2n) is 4.63. The SMILES string of the molecule is Cn1ncc2cc(N)c(N3CCCCC3)nc21. The number of piperidine rings is 1. The van der Waals surface area contributed by atoms with Gasteiger partial charge in [0.1, 0.15) is 0 Å². The van der Waals surface area contributed by atoms with Crippen molar-refractivity contribution in [3.05, 3.63) is 12.3 Å². The zero-order valence-corrected chi connectivity index (χ0v) is 10.1. The van der Waals surface area contributed by atoms with Crippen LogP contribution in [0.2, 0.25) is 0 Å². The molecule has 0 spiro atoms. The van der Waals surface area contributed by atoms with Crippen molar-refractivity contribution in [2.24, 2.45) is 7.05 Å². The molecule has 0 aliphatic carbocycles. The van der Waals surface area contributed by atoms with Crippen LogP contribution >= 0.6 is 0 Å². The molecule has 0 bridgehead atoms. The number of nitrogens with two attached hydrogens (primary N) is 1. The van der Waals surface area contributed by atoms with Gasteiger partial charge in [0.05, 0.1) is 11.9 Å². The van der Waals surface area contributed by atoms with Crippen molar-refractivity contribution in [2.75, 3.05) is 23.7 Å². The lowest BCUT2D eigenvalue weighted by Gasteiger charge is -2.28. The van der Waals surface area contributed by atoms with Gasteiger partial charge in [-0.05, 0) is 25.3 Å². The van der Waals surface area contributed by atoms with E-state index in [4.69, 9.17) is 5.73 Å². The van der Waals surface area contributed by atoms with Crippen molar-refractivity contribution >= 4 is 22.5 Å². The molecule has 5 nitrogen and oxygen atoms in total. The maximum atomic E-state index is 6.09. The van der Waals surface area contributed by atoms with Crippen molar-refractivity contribution in [1.29, 1.82) is 0 Å². The molecular formula is C12H17N5. The molecule has 0 atom stereocenters. The molecule has 0 aromatic carbocycles. The van der Waals surface area contributed by atoms with Gasteiger partial charge in [-0.1, -0.05) is 0 Å². The third-order valence-electron chi connectivity index (χ3n) is 3.37. The first-order valence-electron chi connectivity index (χ1n) is 6.09. The molecule has 2 aromatic heterocycles. The summed E-state index contributed by atoms with van der Waals surface area (Å²) in [4.78, 5) is 6.94. The number of hydrogen-bond donors (Lipinski definition) is 1. The van der Waals surface area contributed by atoms with Crippen molar-refractivity contribution < 1.29 is 0 Å². The Hall–Kier alpha value is -1.78. The van der Waals surface area contributed by atoms with Gasteiger partial charge in [0, 0.05) is 25.5 Å². The number of rotatable bonds is 1. The molecule has 1 fully saturated rings. The number of anilines is 2. The van der Waals surface area contributed by atoms with E-state index in [1.54, 1.807) is 10.9 Å². The molecule has 90 valence electrons. The monoisotopic (exact) mass is 231 g/mol. The molecule has 0 unspecified atom stereocenters. The summed E-state index contributed by atoms with van der Waals surface area (Å²) in [6.07, 6.45) is 5.57. The normalized spacial score (nSPS) is 16.6. The maximum absolute atomic E-state index is 6.09. The van der Waals surface area contributed by atoms with Gasteiger partial charge in [0.15, 0.2) is 11.5 Å². The quantitative estimate of drug-likeness (QED) is 0.808. The molecular weight excluding hydrogens is 214 g/mol. The third kappa shape index (κ3) is 1.71. The van der Waals surface area contributed by atoms with E-state index in [1.165, 1.54) is 19.3 Å². The van der Waals surface area contributed by atoms with E-state index in [9.17, 15) is 0 Å². The molecule has 17 heavy (non-hydrogen) atoms. The Balaban J connectivity index is 2.07. The van der Waals surface area contributed by atoms with Crippen molar-refractivity contribution in [1.82, 2.24) is 14.8 Å². The number of hydrogen-bond acceptors (Lipinski definition) is 4. The Kier molecular flexibility index (Phi) is 2.39. The largest absolute Gasteiger partial charge is 0.396 e. The van der Waals surface area contributed by atoms with Crippen LogP contribution in [-0.2, 0) is 7.05 Å². The Morgan fingerprint density at radius 3 is 2.76 bits per heavy atom. The number of aryl methyl sites for hydroxylation is 1. The van der Waals surface area contributed by atoms with Crippen LogP contribution < -0.4 is 10.6 Å². The minimum Gasteiger partial charge on any atom is -0.396 e. The second kappa shape index (κ2) is 3.91. The zero-order chi connectivity index (χ0) is 11.8. The highest BCUT2D eigenvalue weighted by atomic mass is 15.3. The van der Waals surface area contributed by atoms with E-state index in [-0.39, 0.29) is 0 Å². The summed E-state index contributed by atoms with van der Waals surface area (Å²) < 4.78 is 1.79. The molecule has 1 aliphatic heterocycles. The van der Waals surface area contributed by atoms with E-state index >= 15 is 0 Å². The van der Waals surface area contributed by atoms with Crippen LogP contribution in [0.25, 0.3) is 11.0 Å².